The van der Waals surface area contributed by atoms with Crippen LogP contribution < -0.4 is 5.73 Å². The van der Waals surface area contributed by atoms with Gasteiger partial charge in [0.15, 0.2) is 0 Å². The lowest BCUT2D eigenvalue weighted by molar-refractivity contribution is -0.385. The van der Waals surface area contributed by atoms with Crippen LogP contribution in [0.3, 0.4) is 0 Å². The number of nitrogens with zero attached hydrogens (tertiary/aromatic N) is 1. The minimum atomic E-state index is -0.821. The Morgan fingerprint density at radius 1 is 1.50 bits per heavy atom. The van der Waals surface area contributed by atoms with E-state index < -0.39 is 11.0 Å². The Labute approximate surface area is 92.5 Å². The van der Waals surface area contributed by atoms with Gasteiger partial charge in [0.05, 0.1) is 17.6 Å². The molecule has 1 aromatic rings. The number of nitro benzene ring substituents is 1. The molecule has 0 aliphatic carbocycles. The van der Waals surface area contributed by atoms with Crippen LogP contribution >= 0.6 is 0 Å². The first-order chi connectivity index (χ1) is 7.40. The fourth-order valence-corrected chi connectivity index (χ4v) is 1.48. The van der Waals surface area contributed by atoms with E-state index in [4.69, 9.17) is 10.8 Å². The van der Waals surface area contributed by atoms with Gasteiger partial charge in [-0.3, -0.25) is 10.1 Å². The van der Waals surface area contributed by atoms with Crippen LogP contribution in [-0.4, -0.2) is 21.7 Å². The third-order valence-corrected chi connectivity index (χ3v) is 2.66. The SMILES string of the molecule is Cc1c([N+](=O)[O-])cc([C@H](N)CO)c(O)c1C. The summed E-state index contributed by atoms with van der Waals surface area (Å²) in [5.41, 5.74) is 6.45. The van der Waals surface area contributed by atoms with Crippen molar-refractivity contribution in [2.24, 2.45) is 5.73 Å². The topological polar surface area (TPSA) is 110 Å². The fourth-order valence-electron chi connectivity index (χ4n) is 1.48. The van der Waals surface area contributed by atoms with E-state index in [0.717, 1.165) is 0 Å². The van der Waals surface area contributed by atoms with Crippen molar-refractivity contribution in [3.8, 4) is 5.75 Å². The van der Waals surface area contributed by atoms with Gasteiger partial charge in [0.2, 0.25) is 0 Å². The third kappa shape index (κ3) is 1.98. The zero-order chi connectivity index (χ0) is 12.5. The summed E-state index contributed by atoms with van der Waals surface area (Å²) in [6.07, 6.45) is 0. The van der Waals surface area contributed by atoms with Crippen molar-refractivity contribution in [3.63, 3.8) is 0 Å². The summed E-state index contributed by atoms with van der Waals surface area (Å²) < 4.78 is 0. The third-order valence-electron chi connectivity index (χ3n) is 2.66. The highest BCUT2D eigenvalue weighted by Crippen LogP contribution is 2.34. The van der Waals surface area contributed by atoms with Gasteiger partial charge in [-0.2, -0.15) is 0 Å². The number of phenols is 1. The second kappa shape index (κ2) is 4.46. The molecule has 0 aliphatic rings. The number of phenolic OH excluding ortho intramolecular Hbond substituents is 1. The molecule has 1 aromatic carbocycles. The fraction of sp³-hybridized carbons (Fsp3) is 0.400. The maximum Gasteiger partial charge on any atom is 0.273 e. The van der Waals surface area contributed by atoms with E-state index >= 15 is 0 Å². The maximum atomic E-state index is 10.8. The Kier molecular flexibility index (Phi) is 3.46. The molecule has 0 bridgehead atoms. The van der Waals surface area contributed by atoms with Crippen LogP contribution in [0.2, 0.25) is 0 Å². The molecule has 88 valence electrons. The van der Waals surface area contributed by atoms with E-state index in [1.807, 2.05) is 0 Å². The lowest BCUT2D eigenvalue weighted by atomic mass is 9.98. The van der Waals surface area contributed by atoms with E-state index in [0.29, 0.717) is 11.1 Å². The van der Waals surface area contributed by atoms with E-state index in [2.05, 4.69) is 0 Å². The summed E-state index contributed by atoms with van der Waals surface area (Å²) in [7, 11) is 0. The molecule has 0 saturated carbocycles. The summed E-state index contributed by atoms with van der Waals surface area (Å²) >= 11 is 0. The maximum absolute atomic E-state index is 10.8. The van der Waals surface area contributed by atoms with Crippen LogP contribution in [0.25, 0.3) is 0 Å². The van der Waals surface area contributed by atoms with Crippen LogP contribution in [0.4, 0.5) is 5.69 Å². The number of hydrogen-bond donors (Lipinski definition) is 3. The highest BCUT2D eigenvalue weighted by atomic mass is 16.6. The van der Waals surface area contributed by atoms with Crippen molar-refractivity contribution < 1.29 is 15.1 Å². The lowest BCUT2D eigenvalue weighted by Crippen LogP contribution is -2.15. The molecule has 0 unspecified atom stereocenters. The molecule has 0 spiro atoms. The number of aliphatic hydroxyl groups is 1. The van der Waals surface area contributed by atoms with E-state index in [9.17, 15) is 15.2 Å². The van der Waals surface area contributed by atoms with Gasteiger partial charge in [0.25, 0.3) is 5.69 Å². The molecule has 0 amide bonds. The average Bonchev–Trinajstić information content (AvgIpc) is 2.25. The van der Waals surface area contributed by atoms with Crippen LogP contribution in [0.5, 0.6) is 5.75 Å². The molecule has 1 rings (SSSR count). The predicted octanol–water partition coefficient (Wildman–Crippen LogP) is 0.909. The molecule has 0 aliphatic heterocycles. The molecule has 0 aromatic heterocycles. The van der Waals surface area contributed by atoms with Crippen LogP contribution in [-0.2, 0) is 0 Å². The molecular formula is C10H14N2O4. The van der Waals surface area contributed by atoms with E-state index in [1.54, 1.807) is 13.8 Å². The van der Waals surface area contributed by atoms with Gasteiger partial charge >= 0.3 is 0 Å². The Morgan fingerprint density at radius 3 is 2.50 bits per heavy atom. The Balaban J connectivity index is 3.47. The van der Waals surface area contributed by atoms with Gasteiger partial charge in [-0.15, -0.1) is 0 Å². The molecule has 6 heteroatoms. The molecule has 0 radical (unpaired) electrons. The van der Waals surface area contributed by atoms with Gasteiger partial charge in [0, 0.05) is 22.8 Å². The van der Waals surface area contributed by atoms with Gasteiger partial charge in [-0.1, -0.05) is 0 Å². The number of benzene rings is 1. The number of aliphatic hydroxyl groups excluding tert-OH is 1. The molecule has 0 heterocycles. The summed E-state index contributed by atoms with van der Waals surface area (Å²) in [6.45, 7) is 2.75. The van der Waals surface area contributed by atoms with Gasteiger partial charge < -0.3 is 15.9 Å². The van der Waals surface area contributed by atoms with Crippen LogP contribution in [0.1, 0.15) is 22.7 Å². The molecule has 16 heavy (non-hydrogen) atoms. The average molecular weight is 226 g/mol. The van der Waals surface area contributed by atoms with Crippen molar-refractivity contribution in [3.05, 3.63) is 32.9 Å². The number of aromatic hydroxyl groups is 1. The summed E-state index contributed by atoms with van der Waals surface area (Å²) in [5, 5.41) is 29.4. The second-order valence-corrected chi connectivity index (χ2v) is 3.63. The van der Waals surface area contributed by atoms with Gasteiger partial charge in [0.1, 0.15) is 5.75 Å². The van der Waals surface area contributed by atoms with Crippen molar-refractivity contribution in [1.82, 2.24) is 0 Å². The zero-order valence-electron chi connectivity index (χ0n) is 9.10. The number of nitro groups is 1. The number of nitrogens with two attached hydrogens (primary N) is 1. The van der Waals surface area contributed by atoms with Crippen molar-refractivity contribution >= 4 is 5.69 Å². The lowest BCUT2D eigenvalue weighted by Gasteiger charge is -2.14. The summed E-state index contributed by atoms with van der Waals surface area (Å²) in [6, 6.07) is 0.386. The highest BCUT2D eigenvalue weighted by molar-refractivity contribution is 5.56. The van der Waals surface area contributed by atoms with E-state index in [1.165, 1.54) is 6.07 Å². The monoisotopic (exact) mass is 226 g/mol. The number of rotatable bonds is 3. The first kappa shape index (κ1) is 12.4. The first-order valence-electron chi connectivity index (χ1n) is 4.74. The van der Waals surface area contributed by atoms with Crippen LogP contribution in [0.15, 0.2) is 6.07 Å². The van der Waals surface area contributed by atoms with Crippen molar-refractivity contribution in [1.29, 1.82) is 0 Å². The smallest absolute Gasteiger partial charge is 0.273 e. The first-order valence-corrected chi connectivity index (χ1v) is 4.74. The van der Waals surface area contributed by atoms with Gasteiger partial charge in [-0.05, 0) is 13.8 Å². The zero-order valence-corrected chi connectivity index (χ0v) is 9.10. The Bertz CT molecular complexity index is 431. The van der Waals surface area contributed by atoms with Crippen molar-refractivity contribution in [2.45, 2.75) is 19.9 Å². The highest BCUT2D eigenvalue weighted by Gasteiger charge is 2.21. The van der Waals surface area contributed by atoms with E-state index in [-0.39, 0.29) is 23.6 Å². The Hall–Kier alpha value is -1.66. The predicted molar refractivity (Wildman–Crippen MR) is 58.2 cm³/mol. The van der Waals surface area contributed by atoms with Gasteiger partial charge in [-0.25, -0.2) is 0 Å². The summed E-state index contributed by atoms with van der Waals surface area (Å²) in [5.74, 6) is -0.0929. The standard InChI is InChI=1S/C10H14N2O4/c1-5-6(2)10(14)7(8(11)4-13)3-9(5)12(15)16/h3,8,13-14H,4,11H2,1-2H3/t8-/m1/s1. The summed E-state index contributed by atoms with van der Waals surface area (Å²) in [4.78, 5) is 10.2. The van der Waals surface area contributed by atoms with Crippen molar-refractivity contribution in [2.75, 3.05) is 6.61 Å². The quantitative estimate of drug-likeness (QED) is 0.524. The normalized spacial score (nSPS) is 12.5. The largest absolute Gasteiger partial charge is 0.507 e. The molecule has 4 N–H and O–H groups in total. The molecule has 0 fully saturated rings. The van der Waals surface area contributed by atoms with Crippen LogP contribution in [0, 0.1) is 24.0 Å². The Morgan fingerprint density at radius 2 is 2.06 bits per heavy atom. The molecule has 6 nitrogen and oxygen atoms in total. The molecule has 1 atom stereocenters. The molecule has 0 saturated heterocycles. The number of hydrogen-bond acceptors (Lipinski definition) is 5. The second-order valence-electron chi connectivity index (χ2n) is 3.63. The minimum absolute atomic E-state index is 0.0929. The molecular weight excluding hydrogens is 212 g/mol. The minimum Gasteiger partial charge on any atom is -0.507 e.